The van der Waals surface area contributed by atoms with Crippen molar-refractivity contribution in [3.8, 4) is 28.3 Å². The van der Waals surface area contributed by atoms with Gasteiger partial charge in [-0.25, -0.2) is 9.07 Å². The van der Waals surface area contributed by atoms with Gasteiger partial charge in [-0.2, -0.15) is 4.98 Å². The Bertz CT molecular complexity index is 2520. The molecule has 0 saturated heterocycles. The van der Waals surface area contributed by atoms with E-state index in [9.17, 15) is 4.39 Å². The Kier molecular flexibility index (Phi) is 8.20. The molecular formula is C46H37FN6O2. The summed E-state index contributed by atoms with van der Waals surface area (Å²) in [4.78, 5) is 4.59. The van der Waals surface area contributed by atoms with Crippen LogP contribution in [-0.4, -0.2) is 31.8 Å². The Balaban J connectivity index is 1.18. The molecule has 1 saturated carbocycles. The van der Waals surface area contributed by atoms with Crippen molar-refractivity contribution in [2.45, 2.75) is 37.1 Å². The van der Waals surface area contributed by atoms with Crippen LogP contribution in [0.15, 0.2) is 150 Å². The molecule has 55 heavy (non-hydrogen) atoms. The molecule has 0 bridgehead atoms. The van der Waals surface area contributed by atoms with Crippen molar-refractivity contribution in [1.29, 1.82) is 0 Å². The lowest BCUT2D eigenvalue weighted by Crippen LogP contribution is -2.39. The van der Waals surface area contributed by atoms with Gasteiger partial charge < -0.3 is 14.5 Å². The topological polar surface area (TPSA) is 90.9 Å². The summed E-state index contributed by atoms with van der Waals surface area (Å²) in [6.07, 6.45) is 4.44. The number of aromatic nitrogens is 5. The predicted octanol–water partition coefficient (Wildman–Crippen LogP) is 10.5. The molecule has 6 aromatic carbocycles. The molecule has 2 aromatic heterocycles. The lowest BCUT2D eigenvalue weighted by atomic mass is 9.77. The maximum absolute atomic E-state index is 14.1. The minimum absolute atomic E-state index is 0.270. The number of benzene rings is 6. The first-order chi connectivity index (χ1) is 27.2. The van der Waals surface area contributed by atoms with E-state index in [1.807, 2.05) is 28.9 Å². The van der Waals surface area contributed by atoms with Gasteiger partial charge in [0.25, 0.3) is 6.01 Å². The zero-order chi connectivity index (χ0) is 36.8. The summed E-state index contributed by atoms with van der Waals surface area (Å²) in [7, 11) is 0. The first-order valence-electron chi connectivity index (χ1n) is 18.9. The number of anilines is 2. The zero-order valence-corrected chi connectivity index (χ0v) is 30.0. The fraction of sp³-hybridized carbons (Fsp3) is 0.174. The van der Waals surface area contributed by atoms with Gasteiger partial charge in [0.15, 0.2) is 11.4 Å². The zero-order valence-electron chi connectivity index (χ0n) is 30.0. The number of nitrogens with one attached hydrogen (secondary N) is 1. The van der Waals surface area contributed by atoms with Gasteiger partial charge in [0, 0.05) is 17.2 Å². The van der Waals surface area contributed by atoms with Gasteiger partial charge in [0.2, 0.25) is 0 Å². The minimum Gasteiger partial charge on any atom is -0.491 e. The van der Waals surface area contributed by atoms with Crippen LogP contribution < -0.4 is 10.1 Å². The molecule has 0 spiro atoms. The van der Waals surface area contributed by atoms with Gasteiger partial charge in [-0.15, -0.1) is 5.10 Å². The Morgan fingerprint density at radius 3 is 2.04 bits per heavy atom. The number of nitrogens with zero attached hydrogens (tertiary/aromatic N) is 5. The first kappa shape index (κ1) is 33.0. The average Bonchev–Trinajstić information content (AvgIpc) is 3.88. The number of oxazole rings is 1. The van der Waals surface area contributed by atoms with Gasteiger partial charge in [-0.3, -0.25) is 0 Å². The average molecular weight is 725 g/mol. The highest BCUT2D eigenvalue weighted by Crippen LogP contribution is 2.52. The number of ether oxygens (including phenoxy) is 1. The van der Waals surface area contributed by atoms with Crippen LogP contribution in [-0.2, 0) is 5.54 Å². The van der Waals surface area contributed by atoms with Crippen LogP contribution in [0.5, 0.6) is 5.75 Å². The van der Waals surface area contributed by atoms with Crippen molar-refractivity contribution in [2.75, 3.05) is 11.9 Å². The third kappa shape index (κ3) is 5.83. The second-order valence-corrected chi connectivity index (χ2v) is 14.4. The molecule has 1 aliphatic carbocycles. The highest BCUT2D eigenvalue weighted by Gasteiger charge is 2.42. The van der Waals surface area contributed by atoms with Gasteiger partial charge in [-0.1, -0.05) is 115 Å². The molecule has 9 heteroatoms. The molecule has 2 aliphatic rings. The van der Waals surface area contributed by atoms with Crippen molar-refractivity contribution in [3.63, 3.8) is 0 Å². The molecule has 10 rings (SSSR count). The van der Waals surface area contributed by atoms with E-state index in [1.54, 1.807) is 6.07 Å². The number of hydrogen-bond donors (Lipinski definition) is 1. The van der Waals surface area contributed by atoms with E-state index in [0.717, 1.165) is 57.7 Å². The van der Waals surface area contributed by atoms with E-state index < -0.39 is 5.54 Å². The summed E-state index contributed by atoms with van der Waals surface area (Å²) < 4.78 is 28.7. The molecule has 0 radical (unpaired) electrons. The largest absolute Gasteiger partial charge is 0.491 e. The quantitative estimate of drug-likeness (QED) is 0.148. The predicted molar refractivity (Wildman–Crippen MR) is 211 cm³/mol. The maximum Gasteiger partial charge on any atom is 0.300 e. The number of tetrazole rings is 1. The lowest BCUT2D eigenvalue weighted by Gasteiger charge is -2.36. The van der Waals surface area contributed by atoms with Crippen LogP contribution in [0.3, 0.4) is 0 Å². The normalized spacial score (nSPS) is 15.6. The second-order valence-electron chi connectivity index (χ2n) is 14.4. The highest BCUT2D eigenvalue weighted by atomic mass is 19.1. The number of rotatable bonds is 9. The highest BCUT2D eigenvalue weighted by molar-refractivity contribution is 5.86. The van der Waals surface area contributed by atoms with Gasteiger partial charge in [-0.05, 0) is 100 Å². The van der Waals surface area contributed by atoms with E-state index in [0.29, 0.717) is 35.4 Å². The van der Waals surface area contributed by atoms with E-state index in [1.165, 1.54) is 30.5 Å². The third-order valence-electron chi connectivity index (χ3n) is 11.0. The molecule has 3 heterocycles. The maximum atomic E-state index is 14.1. The Morgan fingerprint density at radius 1 is 0.709 bits per heavy atom. The van der Waals surface area contributed by atoms with Gasteiger partial charge in [0.1, 0.15) is 22.6 Å². The molecule has 1 aliphatic heterocycles. The van der Waals surface area contributed by atoms with Crippen molar-refractivity contribution >= 4 is 22.8 Å². The van der Waals surface area contributed by atoms with Crippen molar-refractivity contribution in [2.24, 2.45) is 5.92 Å². The van der Waals surface area contributed by atoms with Crippen LogP contribution in [0.2, 0.25) is 0 Å². The van der Waals surface area contributed by atoms with Gasteiger partial charge >= 0.3 is 0 Å². The number of halogens is 1. The number of hydrogen-bond acceptors (Lipinski definition) is 7. The summed E-state index contributed by atoms with van der Waals surface area (Å²) in [5.41, 5.74) is 7.84. The van der Waals surface area contributed by atoms with Crippen molar-refractivity contribution < 1.29 is 13.5 Å². The van der Waals surface area contributed by atoms with Crippen LogP contribution in [0.4, 0.5) is 16.1 Å². The fourth-order valence-corrected chi connectivity index (χ4v) is 8.44. The molecule has 0 amide bonds. The smallest absolute Gasteiger partial charge is 0.300 e. The Morgan fingerprint density at radius 2 is 1.36 bits per heavy atom. The Labute approximate surface area is 317 Å². The molecule has 1 fully saturated rings. The first-order valence-corrected chi connectivity index (χ1v) is 18.9. The molecule has 270 valence electrons. The summed E-state index contributed by atoms with van der Waals surface area (Å²) in [6, 6.07) is 48.6. The van der Waals surface area contributed by atoms with Crippen LogP contribution in [0.1, 0.15) is 53.9 Å². The minimum atomic E-state index is -0.909. The van der Waals surface area contributed by atoms with Gasteiger partial charge in [0.05, 0.1) is 12.3 Å². The SMILES string of the molecule is Fc1ccc2oc(Nc3cc(-c4ccccc4-c4nnnn4C(c4ccccc4)(c4ccccc4)c4ccccc4)cc4c3OCCCC4C3CC3)nc2c1. The number of fused-ring (bicyclic) bond motifs is 2. The summed E-state index contributed by atoms with van der Waals surface area (Å²) in [6.45, 7) is 0.620. The summed E-state index contributed by atoms with van der Waals surface area (Å²) >= 11 is 0. The molecular weight excluding hydrogens is 688 g/mol. The second kappa shape index (κ2) is 13.7. The van der Waals surface area contributed by atoms with E-state index in [2.05, 4.69) is 119 Å². The summed E-state index contributed by atoms with van der Waals surface area (Å²) in [5.74, 6) is 2.03. The van der Waals surface area contributed by atoms with E-state index in [4.69, 9.17) is 19.5 Å². The van der Waals surface area contributed by atoms with Crippen molar-refractivity contribution in [1.82, 2.24) is 25.2 Å². The van der Waals surface area contributed by atoms with Crippen molar-refractivity contribution in [3.05, 3.63) is 174 Å². The molecule has 1 N–H and O–H groups in total. The lowest BCUT2D eigenvalue weighted by molar-refractivity contribution is 0.317. The standard InChI is InChI=1S/C46H37FN6O2/c47-35-24-25-42-40(29-35)48-45(55-42)49-41-28-31(27-39-36(30-22-23-30)21-12-26-54-43(39)41)37-19-10-11-20-38(37)44-50-51-52-53(44)46(32-13-4-1-5-14-32,33-15-6-2-7-16-33)34-17-8-3-9-18-34/h1-11,13-20,24-25,27-30,36H,12,21-23,26H2,(H,48,49). The summed E-state index contributed by atoms with van der Waals surface area (Å²) in [5, 5.41) is 17.5. The van der Waals surface area contributed by atoms with E-state index >= 15 is 0 Å². The van der Waals surface area contributed by atoms with Crippen LogP contribution in [0.25, 0.3) is 33.6 Å². The third-order valence-corrected chi connectivity index (χ3v) is 11.0. The monoisotopic (exact) mass is 724 g/mol. The van der Waals surface area contributed by atoms with Crippen LogP contribution in [0, 0.1) is 11.7 Å². The Hall–Kier alpha value is -6.61. The molecule has 1 unspecified atom stereocenters. The van der Waals surface area contributed by atoms with E-state index in [-0.39, 0.29) is 11.8 Å². The molecule has 8 aromatic rings. The fourth-order valence-electron chi connectivity index (χ4n) is 8.44. The molecule has 8 nitrogen and oxygen atoms in total. The van der Waals surface area contributed by atoms with Crippen LogP contribution >= 0.6 is 0 Å². The molecule has 1 atom stereocenters.